The number of H-pyrrole nitrogens is 1. The average Bonchev–Trinajstić information content (AvgIpc) is 3.38. The van der Waals surface area contributed by atoms with Crippen molar-refractivity contribution in [2.24, 2.45) is 12.8 Å². The first-order valence-electron chi connectivity index (χ1n) is 14.3. The van der Waals surface area contributed by atoms with E-state index in [0.717, 1.165) is 27.9 Å². The summed E-state index contributed by atoms with van der Waals surface area (Å²) >= 11 is 0. The predicted molar refractivity (Wildman–Crippen MR) is 165 cm³/mol. The van der Waals surface area contributed by atoms with Gasteiger partial charge in [-0.25, -0.2) is 9.59 Å². The number of rotatable bonds is 10. The Hall–Kier alpha value is -4.67. The number of primary amides is 1. The Balaban J connectivity index is 1.30. The molecule has 1 aliphatic heterocycles. The van der Waals surface area contributed by atoms with E-state index in [1.54, 1.807) is 13.2 Å². The molecule has 4 aromatic rings. The summed E-state index contributed by atoms with van der Waals surface area (Å²) in [4.78, 5) is 42.0. The van der Waals surface area contributed by atoms with Gasteiger partial charge >= 0.3 is 11.8 Å². The van der Waals surface area contributed by atoms with Gasteiger partial charge in [-0.1, -0.05) is 72.8 Å². The molecule has 2 amide bonds. The van der Waals surface area contributed by atoms with E-state index >= 15 is 0 Å². The third-order valence-corrected chi connectivity index (χ3v) is 7.86. The first-order valence-corrected chi connectivity index (χ1v) is 14.3. The third-order valence-electron chi connectivity index (χ3n) is 7.86. The highest BCUT2D eigenvalue weighted by Crippen LogP contribution is 2.28. The number of carbonyl (C=O) groups is 2. The minimum atomic E-state index is -0.961. The van der Waals surface area contributed by atoms with Crippen molar-refractivity contribution in [2.45, 2.75) is 37.5 Å². The molecule has 3 aromatic carbocycles. The number of amides is 2. The van der Waals surface area contributed by atoms with Crippen LogP contribution in [0.3, 0.4) is 0 Å². The summed E-state index contributed by atoms with van der Waals surface area (Å²) < 4.78 is 12.8. The number of aryl methyl sites for hydroxylation is 2. The van der Waals surface area contributed by atoms with Crippen molar-refractivity contribution >= 4 is 17.7 Å². The minimum absolute atomic E-state index is 0.0682. The zero-order valence-electron chi connectivity index (χ0n) is 24.4. The van der Waals surface area contributed by atoms with Crippen molar-refractivity contribution in [3.8, 4) is 11.1 Å². The van der Waals surface area contributed by atoms with Gasteiger partial charge < -0.3 is 30.1 Å². The number of hydrogen-bond acceptors (Lipinski definition) is 6. The summed E-state index contributed by atoms with van der Waals surface area (Å²) in [6.07, 6.45) is 2.55. The Bertz CT molecular complexity index is 1590. The smallest absolute Gasteiger partial charge is 0.414 e. The Morgan fingerprint density at radius 2 is 1.74 bits per heavy atom. The van der Waals surface area contributed by atoms with Gasteiger partial charge in [0.2, 0.25) is 5.91 Å². The van der Waals surface area contributed by atoms with Crippen LogP contribution < -0.4 is 21.6 Å². The Morgan fingerprint density at radius 3 is 2.37 bits per heavy atom. The fourth-order valence-corrected chi connectivity index (χ4v) is 5.47. The molecule has 43 heavy (non-hydrogen) atoms. The lowest BCUT2D eigenvalue weighted by Crippen LogP contribution is -2.50. The van der Waals surface area contributed by atoms with Crippen LogP contribution in [0, 0.1) is 0 Å². The molecule has 1 aromatic heterocycles. The van der Waals surface area contributed by atoms with Gasteiger partial charge in [-0.2, -0.15) is 0 Å². The second-order valence-electron chi connectivity index (χ2n) is 10.7. The van der Waals surface area contributed by atoms with Crippen molar-refractivity contribution in [3.05, 3.63) is 112 Å². The number of aromatic amines is 1. The number of aromatic nitrogens is 2. The number of ether oxygens (including phenoxy) is 2. The van der Waals surface area contributed by atoms with Gasteiger partial charge in [0.05, 0.1) is 37.2 Å². The zero-order valence-corrected chi connectivity index (χ0v) is 24.4. The highest BCUT2D eigenvalue weighted by Gasteiger charge is 2.32. The molecule has 1 saturated heterocycles. The van der Waals surface area contributed by atoms with Gasteiger partial charge in [-0.05, 0) is 41.2 Å². The van der Waals surface area contributed by atoms with Crippen molar-refractivity contribution in [1.29, 1.82) is 0 Å². The van der Waals surface area contributed by atoms with Gasteiger partial charge in [0.25, 0.3) is 0 Å². The van der Waals surface area contributed by atoms with Gasteiger partial charge in [-0.3, -0.25) is 9.69 Å². The van der Waals surface area contributed by atoms with Gasteiger partial charge in [0.15, 0.2) is 0 Å². The quantitative estimate of drug-likeness (QED) is 0.261. The van der Waals surface area contributed by atoms with Crippen LogP contribution >= 0.6 is 0 Å². The number of nitrogens with zero attached hydrogens (tertiary/aromatic N) is 2. The molecule has 5 rings (SSSR count). The standard InChI is InChI=1S/C33H37N5O5/c1-37-20-27(36-32(37)40)28-21-43-26(19-35-28)17-16-25-10-6-7-11-29(25)38(33(41)42-2)30(31(34)39)18-22-12-14-24(15-13-22)23-8-4-3-5-9-23/h3-15,20,26,28,30,35H,16-19,21H2,1-2H3,(H2,34,39)(H,36,40)/t26-,28+,30+/m1/s1. The Morgan fingerprint density at radius 1 is 1.05 bits per heavy atom. The number of anilines is 1. The van der Waals surface area contributed by atoms with Crippen LogP contribution in [0.25, 0.3) is 11.1 Å². The summed E-state index contributed by atoms with van der Waals surface area (Å²) in [6.45, 7) is 1.03. The number of morpholine rings is 1. The number of nitrogens with two attached hydrogens (primary N) is 1. The number of benzene rings is 3. The van der Waals surface area contributed by atoms with Crippen molar-refractivity contribution in [1.82, 2.24) is 14.9 Å². The molecule has 2 heterocycles. The number of methoxy groups -OCH3 is 1. The fraction of sp³-hybridized carbons (Fsp3) is 0.303. The van der Waals surface area contributed by atoms with Gasteiger partial charge in [-0.15, -0.1) is 0 Å². The summed E-state index contributed by atoms with van der Waals surface area (Å²) in [5.41, 5.74) is 11.0. The number of nitrogens with one attached hydrogen (secondary N) is 2. The van der Waals surface area contributed by atoms with Crippen LogP contribution in [0.2, 0.25) is 0 Å². The summed E-state index contributed by atoms with van der Waals surface area (Å²) in [5.74, 6) is -0.628. The van der Waals surface area contributed by atoms with Crippen LogP contribution in [0.15, 0.2) is 89.9 Å². The SMILES string of the molecule is COC(=O)N(c1ccccc1CC[C@@H]1CN[C@H](c2cn(C)c(=O)[nH]2)CO1)[C@@H](Cc1ccc(-c2ccccc2)cc1)C(N)=O. The molecule has 1 aliphatic rings. The lowest BCUT2D eigenvalue weighted by atomic mass is 9.98. The van der Waals surface area contributed by atoms with E-state index in [0.29, 0.717) is 31.7 Å². The molecule has 1 fully saturated rings. The highest BCUT2D eigenvalue weighted by atomic mass is 16.5. The summed E-state index contributed by atoms with van der Waals surface area (Å²) in [5, 5.41) is 3.45. The molecular weight excluding hydrogens is 546 g/mol. The van der Waals surface area contributed by atoms with Gasteiger partial charge in [0.1, 0.15) is 6.04 Å². The second-order valence-corrected chi connectivity index (χ2v) is 10.7. The molecule has 224 valence electrons. The fourth-order valence-electron chi connectivity index (χ4n) is 5.47. The maximum Gasteiger partial charge on any atom is 0.414 e. The van der Waals surface area contributed by atoms with E-state index in [-0.39, 0.29) is 24.3 Å². The number of hydrogen-bond donors (Lipinski definition) is 3. The zero-order chi connectivity index (χ0) is 30.3. The molecular formula is C33H37N5O5. The first kappa shape index (κ1) is 29.8. The van der Waals surface area contributed by atoms with Crippen molar-refractivity contribution < 1.29 is 19.1 Å². The maximum absolute atomic E-state index is 13.2. The second kappa shape index (κ2) is 13.5. The molecule has 10 heteroatoms. The number of carbonyl (C=O) groups excluding carboxylic acids is 2. The topological polar surface area (TPSA) is 132 Å². The Kier molecular flexibility index (Phi) is 9.38. The third kappa shape index (κ3) is 7.04. The van der Waals surface area contributed by atoms with Gasteiger partial charge in [0, 0.05) is 26.2 Å². The summed E-state index contributed by atoms with van der Waals surface area (Å²) in [7, 11) is 3.00. The molecule has 0 bridgehead atoms. The van der Waals surface area contributed by atoms with E-state index in [9.17, 15) is 14.4 Å². The van der Waals surface area contributed by atoms with E-state index in [2.05, 4.69) is 10.3 Å². The molecule has 4 N–H and O–H groups in total. The predicted octanol–water partition coefficient (Wildman–Crippen LogP) is 3.71. The van der Waals surface area contributed by atoms with Crippen LogP contribution in [0.5, 0.6) is 0 Å². The van der Waals surface area contributed by atoms with Crippen molar-refractivity contribution in [3.63, 3.8) is 0 Å². The van der Waals surface area contributed by atoms with Crippen LogP contribution in [-0.2, 0) is 34.2 Å². The highest BCUT2D eigenvalue weighted by molar-refractivity contribution is 5.97. The van der Waals surface area contributed by atoms with E-state index in [1.165, 1.54) is 16.6 Å². The average molecular weight is 584 g/mol. The minimum Gasteiger partial charge on any atom is -0.452 e. The molecule has 0 aliphatic carbocycles. The normalized spacial score (nSPS) is 17.3. The monoisotopic (exact) mass is 583 g/mol. The molecule has 0 unspecified atom stereocenters. The molecule has 0 spiro atoms. The van der Waals surface area contributed by atoms with E-state index in [4.69, 9.17) is 15.2 Å². The molecule has 0 radical (unpaired) electrons. The van der Waals surface area contributed by atoms with Crippen LogP contribution in [0.4, 0.5) is 10.5 Å². The lowest BCUT2D eigenvalue weighted by Gasteiger charge is -2.32. The molecule has 0 saturated carbocycles. The number of para-hydroxylation sites is 1. The largest absolute Gasteiger partial charge is 0.452 e. The van der Waals surface area contributed by atoms with E-state index in [1.807, 2.05) is 78.9 Å². The summed E-state index contributed by atoms with van der Waals surface area (Å²) in [6, 6.07) is 24.3. The Labute approximate surface area is 250 Å². The first-order chi connectivity index (χ1) is 20.8. The van der Waals surface area contributed by atoms with Crippen molar-refractivity contribution in [2.75, 3.05) is 25.2 Å². The van der Waals surface area contributed by atoms with Crippen LogP contribution in [-0.4, -0.2) is 54.0 Å². The lowest BCUT2D eigenvalue weighted by molar-refractivity contribution is -0.119. The van der Waals surface area contributed by atoms with Crippen LogP contribution in [0.1, 0.15) is 29.3 Å². The van der Waals surface area contributed by atoms with E-state index < -0.39 is 18.0 Å². The number of imidazole rings is 1. The maximum atomic E-state index is 13.2. The molecule has 10 nitrogen and oxygen atoms in total. The molecule has 3 atom stereocenters.